The Bertz CT molecular complexity index is 556. The van der Waals surface area contributed by atoms with Crippen molar-refractivity contribution >= 4 is 0 Å². The minimum Gasteiger partial charge on any atom is -0.490 e. The van der Waals surface area contributed by atoms with E-state index in [2.05, 4.69) is 31.3 Å². The van der Waals surface area contributed by atoms with Crippen LogP contribution < -0.4 is 10.1 Å². The van der Waals surface area contributed by atoms with E-state index in [1.54, 1.807) is 0 Å². The van der Waals surface area contributed by atoms with Crippen molar-refractivity contribution < 1.29 is 9.84 Å². The van der Waals surface area contributed by atoms with Gasteiger partial charge >= 0.3 is 0 Å². The molecule has 0 aromatic heterocycles. The normalized spacial score (nSPS) is 13.6. The zero-order chi connectivity index (χ0) is 15.8. The molecular weight excluding hydrogens is 274 g/mol. The van der Waals surface area contributed by atoms with Gasteiger partial charge in [-0.15, -0.1) is 0 Å². The highest BCUT2D eigenvalue weighted by molar-refractivity contribution is 5.70. The second-order valence-electron chi connectivity index (χ2n) is 5.54. The molecule has 2 aromatic carbocycles. The van der Waals surface area contributed by atoms with Crippen LogP contribution in [-0.4, -0.2) is 30.4 Å². The molecule has 0 radical (unpaired) electrons. The summed E-state index contributed by atoms with van der Waals surface area (Å²) in [6.07, 6.45) is 0.530. The van der Waals surface area contributed by atoms with Gasteiger partial charge in [0.2, 0.25) is 0 Å². The van der Waals surface area contributed by atoms with E-state index in [4.69, 9.17) is 4.74 Å². The molecule has 0 aliphatic heterocycles. The van der Waals surface area contributed by atoms with Gasteiger partial charge in [-0.3, -0.25) is 0 Å². The number of rotatable bonds is 8. The van der Waals surface area contributed by atoms with Gasteiger partial charge in [0, 0.05) is 18.2 Å². The number of nitrogens with one attached hydrogen (secondary N) is 1. The zero-order valence-corrected chi connectivity index (χ0v) is 13.3. The molecule has 0 bridgehead atoms. The summed E-state index contributed by atoms with van der Waals surface area (Å²) >= 11 is 0. The van der Waals surface area contributed by atoms with Crippen LogP contribution in [-0.2, 0) is 0 Å². The number of hydrogen-bond donors (Lipinski definition) is 2. The highest BCUT2D eigenvalue weighted by atomic mass is 16.5. The number of benzene rings is 2. The molecule has 0 unspecified atom stereocenters. The van der Waals surface area contributed by atoms with E-state index in [1.165, 1.54) is 0 Å². The predicted octanol–water partition coefficient (Wildman–Crippen LogP) is 3.48. The highest BCUT2D eigenvalue weighted by Gasteiger charge is 2.10. The van der Waals surface area contributed by atoms with Gasteiger partial charge in [-0.05, 0) is 25.0 Å². The molecule has 0 spiro atoms. The Morgan fingerprint density at radius 3 is 2.45 bits per heavy atom. The van der Waals surface area contributed by atoms with Crippen LogP contribution in [0.15, 0.2) is 54.6 Å². The number of aliphatic hydroxyl groups is 1. The maximum absolute atomic E-state index is 10.0. The van der Waals surface area contributed by atoms with Gasteiger partial charge < -0.3 is 15.2 Å². The second kappa shape index (κ2) is 8.57. The van der Waals surface area contributed by atoms with E-state index in [0.717, 1.165) is 23.3 Å². The maximum Gasteiger partial charge on any atom is 0.127 e. The number of para-hydroxylation sites is 1. The number of aliphatic hydroxyl groups excluding tert-OH is 1. The Labute approximate surface area is 133 Å². The Balaban J connectivity index is 1.96. The minimum atomic E-state index is -0.516. The van der Waals surface area contributed by atoms with Crippen LogP contribution in [0.25, 0.3) is 11.1 Å². The summed E-state index contributed by atoms with van der Waals surface area (Å²) in [6, 6.07) is 18.5. The first kappa shape index (κ1) is 16.5. The van der Waals surface area contributed by atoms with Crippen molar-refractivity contribution in [3.8, 4) is 16.9 Å². The summed E-state index contributed by atoms with van der Waals surface area (Å²) in [6.45, 7) is 5.06. The topological polar surface area (TPSA) is 41.5 Å². The van der Waals surface area contributed by atoms with Gasteiger partial charge in [0.05, 0.1) is 0 Å². The zero-order valence-electron chi connectivity index (χ0n) is 13.3. The first-order valence-corrected chi connectivity index (χ1v) is 7.89. The van der Waals surface area contributed by atoms with Crippen molar-refractivity contribution in [2.24, 2.45) is 0 Å². The lowest BCUT2D eigenvalue weighted by Crippen LogP contribution is -2.36. The number of hydrogen-bond acceptors (Lipinski definition) is 3. The largest absolute Gasteiger partial charge is 0.490 e. The van der Waals surface area contributed by atoms with Crippen molar-refractivity contribution in [1.29, 1.82) is 0 Å². The molecule has 2 rings (SSSR count). The fourth-order valence-electron chi connectivity index (χ4n) is 2.18. The fraction of sp³-hybridized carbons (Fsp3) is 0.368. The Kier molecular flexibility index (Phi) is 6.44. The van der Waals surface area contributed by atoms with Crippen molar-refractivity contribution in [1.82, 2.24) is 5.32 Å². The second-order valence-corrected chi connectivity index (χ2v) is 5.54. The monoisotopic (exact) mass is 299 g/mol. The molecule has 0 heterocycles. The lowest BCUT2D eigenvalue weighted by molar-refractivity contribution is 0.104. The van der Waals surface area contributed by atoms with E-state index < -0.39 is 6.10 Å². The SMILES string of the molecule is CC[C@H](C)NC[C@@H](O)COc1ccccc1-c1ccccc1. The molecule has 0 amide bonds. The molecule has 0 aliphatic rings. The van der Waals surface area contributed by atoms with Crippen molar-refractivity contribution in [2.45, 2.75) is 32.4 Å². The average molecular weight is 299 g/mol. The van der Waals surface area contributed by atoms with E-state index in [-0.39, 0.29) is 6.61 Å². The van der Waals surface area contributed by atoms with E-state index in [9.17, 15) is 5.11 Å². The molecule has 0 fully saturated rings. The van der Waals surface area contributed by atoms with Crippen LogP contribution in [0.1, 0.15) is 20.3 Å². The quantitative estimate of drug-likeness (QED) is 0.784. The van der Waals surface area contributed by atoms with Gasteiger partial charge in [-0.25, -0.2) is 0 Å². The van der Waals surface area contributed by atoms with E-state index >= 15 is 0 Å². The van der Waals surface area contributed by atoms with E-state index in [1.807, 2.05) is 42.5 Å². The maximum atomic E-state index is 10.0. The lowest BCUT2D eigenvalue weighted by atomic mass is 10.1. The van der Waals surface area contributed by atoms with Crippen LogP contribution in [0.4, 0.5) is 0 Å². The Morgan fingerprint density at radius 2 is 1.73 bits per heavy atom. The first-order chi connectivity index (χ1) is 10.7. The molecule has 22 heavy (non-hydrogen) atoms. The predicted molar refractivity (Wildman–Crippen MR) is 91.1 cm³/mol. The van der Waals surface area contributed by atoms with Crippen LogP contribution >= 0.6 is 0 Å². The molecule has 3 heteroatoms. The summed E-state index contributed by atoms with van der Waals surface area (Å²) < 4.78 is 5.83. The highest BCUT2D eigenvalue weighted by Crippen LogP contribution is 2.29. The van der Waals surface area contributed by atoms with E-state index in [0.29, 0.717) is 12.6 Å². The third-order valence-electron chi connectivity index (χ3n) is 3.72. The summed E-state index contributed by atoms with van der Waals surface area (Å²) in [7, 11) is 0. The summed E-state index contributed by atoms with van der Waals surface area (Å²) in [4.78, 5) is 0. The minimum absolute atomic E-state index is 0.285. The molecule has 0 aliphatic carbocycles. The van der Waals surface area contributed by atoms with Crippen molar-refractivity contribution in [3.63, 3.8) is 0 Å². The summed E-state index contributed by atoms with van der Waals surface area (Å²) in [5, 5.41) is 13.3. The average Bonchev–Trinajstić information content (AvgIpc) is 2.58. The first-order valence-electron chi connectivity index (χ1n) is 7.89. The Hall–Kier alpha value is -1.84. The fourth-order valence-corrected chi connectivity index (χ4v) is 2.18. The molecular formula is C19H25NO2. The number of ether oxygens (including phenoxy) is 1. The third-order valence-corrected chi connectivity index (χ3v) is 3.72. The van der Waals surface area contributed by atoms with Crippen LogP contribution in [0.2, 0.25) is 0 Å². The molecule has 2 N–H and O–H groups in total. The molecule has 0 saturated heterocycles. The summed E-state index contributed by atoms with van der Waals surface area (Å²) in [5.74, 6) is 0.802. The van der Waals surface area contributed by atoms with Crippen molar-refractivity contribution in [2.75, 3.05) is 13.2 Å². The van der Waals surface area contributed by atoms with Gasteiger partial charge in [0.25, 0.3) is 0 Å². The van der Waals surface area contributed by atoms with Gasteiger partial charge in [0.1, 0.15) is 18.5 Å². The molecule has 3 nitrogen and oxygen atoms in total. The van der Waals surface area contributed by atoms with Crippen LogP contribution in [0, 0.1) is 0 Å². The smallest absolute Gasteiger partial charge is 0.127 e. The van der Waals surface area contributed by atoms with Gasteiger partial charge in [-0.1, -0.05) is 55.5 Å². The Morgan fingerprint density at radius 1 is 1.05 bits per heavy atom. The third kappa shape index (κ3) is 4.86. The molecule has 2 aromatic rings. The molecule has 2 atom stereocenters. The standard InChI is InChI=1S/C19H25NO2/c1-3-15(2)20-13-17(21)14-22-19-12-8-7-11-18(19)16-9-5-4-6-10-16/h4-12,15,17,20-21H,3,13-14H2,1-2H3/t15-,17+/m0/s1. The van der Waals surface area contributed by atoms with Crippen LogP contribution in [0.5, 0.6) is 5.75 Å². The van der Waals surface area contributed by atoms with Gasteiger partial charge in [-0.2, -0.15) is 0 Å². The van der Waals surface area contributed by atoms with Crippen LogP contribution in [0.3, 0.4) is 0 Å². The molecule has 118 valence electrons. The summed E-state index contributed by atoms with van der Waals surface area (Å²) in [5.41, 5.74) is 2.16. The van der Waals surface area contributed by atoms with Gasteiger partial charge in [0.15, 0.2) is 0 Å². The molecule has 0 saturated carbocycles. The lowest BCUT2D eigenvalue weighted by Gasteiger charge is -2.17. The van der Waals surface area contributed by atoms with Crippen molar-refractivity contribution in [3.05, 3.63) is 54.6 Å².